The summed E-state index contributed by atoms with van der Waals surface area (Å²) in [5.74, 6) is -0.123. The van der Waals surface area contributed by atoms with Gasteiger partial charge in [-0.25, -0.2) is 0 Å². The molecule has 1 aromatic carbocycles. The molecule has 2 rings (SSSR count). The summed E-state index contributed by atoms with van der Waals surface area (Å²) in [5.41, 5.74) is 0.0491. The molecule has 0 saturated carbocycles. The number of anilines is 1. The van der Waals surface area contributed by atoms with Crippen molar-refractivity contribution >= 4 is 17.4 Å². The van der Waals surface area contributed by atoms with E-state index in [2.05, 4.69) is 0 Å². The van der Waals surface area contributed by atoms with E-state index in [1.54, 1.807) is 11.8 Å². The van der Waals surface area contributed by atoms with Gasteiger partial charge < -0.3 is 4.90 Å². The summed E-state index contributed by atoms with van der Waals surface area (Å²) >= 11 is 0. The summed E-state index contributed by atoms with van der Waals surface area (Å²) < 4.78 is 0. The van der Waals surface area contributed by atoms with Crippen LogP contribution in [0.5, 0.6) is 0 Å². The van der Waals surface area contributed by atoms with Gasteiger partial charge >= 0.3 is 0 Å². The predicted molar refractivity (Wildman–Crippen MR) is 62.2 cm³/mol. The van der Waals surface area contributed by atoms with Crippen molar-refractivity contribution in [2.24, 2.45) is 5.41 Å². The fourth-order valence-electron chi connectivity index (χ4n) is 2.02. The molecule has 84 valence electrons. The summed E-state index contributed by atoms with van der Waals surface area (Å²) in [6.07, 6.45) is 0.607. The van der Waals surface area contributed by atoms with Crippen LogP contribution >= 0.6 is 0 Å². The van der Waals surface area contributed by atoms with Gasteiger partial charge in [-0.05, 0) is 32.4 Å². The Bertz CT molecular complexity index is 427. The number of carbonyl (C=O) groups is 2. The van der Waals surface area contributed by atoms with Crippen molar-refractivity contribution in [1.29, 1.82) is 0 Å². The first-order valence-electron chi connectivity index (χ1n) is 5.44. The van der Waals surface area contributed by atoms with Crippen LogP contribution in [0.1, 0.15) is 20.3 Å². The molecule has 1 aromatic rings. The fraction of sp³-hybridized carbons (Fsp3) is 0.385. The van der Waals surface area contributed by atoms with E-state index in [0.29, 0.717) is 13.0 Å². The van der Waals surface area contributed by atoms with E-state index < -0.39 is 5.41 Å². The highest BCUT2D eigenvalue weighted by Crippen LogP contribution is 2.35. The second-order valence-electron chi connectivity index (χ2n) is 4.43. The van der Waals surface area contributed by atoms with Crippen LogP contribution in [0.4, 0.5) is 5.69 Å². The van der Waals surface area contributed by atoms with E-state index >= 15 is 0 Å². The monoisotopic (exact) mass is 217 g/mol. The summed E-state index contributed by atoms with van der Waals surface area (Å²) in [5, 5.41) is 0. The maximum absolute atomic E-state index is 12.2. The molecule has 1 aliphatic rings. The number of Topliss-reactive ketones (excluding diaryl/α,β-unsaturated/α-hetero) is 1. The molecular formula is C13H15NO2. The molecule has 0 radical (unpaired) electrons. The van der Waals surface area contributed by atoms with Crippen molar-refractivity contribution in [2.45, 2.75) is 20.3 Å². The van der Waals surface area contributed by atoms with Crippen LogP contribution in [-0.4, -0.2) is 18.2 Å². The Morgan fingerprint density at radius 2 is 1.94 bits per heavy atom. The van der Waals surface area contributed by atoms with Gasteiger partial charge in [0, 0.05) is 12.2 Å². The molecule has 0 N–H and O–H groups in total. The van der Waals surface area contributed by atoms with E-state index in [4.69, 9.17) is 0 Å². The van der Waals surface area contributed by atoms with Crippen LogP contribution in [0.25, 0.3) is 0 Å². The molecule has 16 heavy (non-hydrogen) atoms. The molecule has 1 atom stereocenters. The van der Waals surface area contributed by atoms with Crippen molar-refractivity contribution in [3.8, 4) is 0 Å². The maximum Gasteiger partial charge on any atom is 0.240 e. The average Bonchev–Trinajstić information content (AvgIpc) is 2.59. The van der Waals surface area contributed by atoms with Gasteiger partial charge in [0.25, 0.3) is 0 Å². The topological polar surface area (TPSA) is 37.4 Å². The zero-order valence-electron chi connectivity index (χ0n) is 9.56. The van der Waals surface area contributed by atoms with Gasteiger partial charge in [0.1, 0.15) is 11.2 Å². The van der Waals surface area contributed by atoms with Crippen molar-refractivity contribution in [1.82, 2.24) is 0 Å². The minimum absolute atomic E-state index is 0.0454. The van der Waals surface area contributed by atoms with Gasteiger partial charge in [-0.15, -0.1) is 0 Å². The quantitative estimate of drug-likeness (QED) is 0.711. The summed E-state index contributed by atoms with van der Waals surface area (Å²) in [7, 11) is 0. The van der Waals surface area contributed by atoms with E-state index in [1.165, 1.54) is 6.92 Å². The Balaban J connectivity index is 2.30. The molecule has 1 saturated heterocycles. The lowest BCUT2D eigenvalue weighted by atomic mass is 9.85. The van der Waals surface area contributed by atoms with Crippen LogP contribution in [0.3, 0.4) is 0 Å². The summed E-state index contributed by atoms with van der Waals surface area (Å²) in [6.45, 7) is 3.85. The van der Waals surface area contributed by atoms with Crippen LogP contribution in [-0.2, 0) is 9.59 Å². The normalized spacial score (nSPS) is 24.9. The van der Waals surface area contributed by atoms with Gasteiger partial charge in [0.05, 0.1) is 0 Å². The van der Waals surface area contributed by atoms with Gasteiger partial charge in [-0.2, -0.15) is 0 Å². The van der Waals surface area contributed by atoms with Crippen LogP contribution < -0.4 is 4.90 Å². The Hall–Kier alpha value is -1.64. The number of rotatable bonds is 2. The molecule has 1 amide bonds. The highest BCUT2D eigenvalue weighted by Gasteiger charge is 2.46. The van der Waals surface area contributed by atoms with Crippen LogP contribution in [0.15, 0.2) is 30.3 Å². The molecule has 3 nitrogen and oxygen atoms in total. The lowest BCUT2D eigenvalue weighted by molar-refractivity contribution is -0.135. The van der Waals surface area contributed by atoms with E-state index in [1.807, 2.05) is 30.3 Å². The third kappa shape index (κ3) is 1.52. The number of ketones is 1. The Labute approximate surface area is 95.1 Å². The van der Waals surface area contributed by atoms with E-state index in [0.717, 1.165) is 5.69 Å². The van der Waals surface area contributed by atoms with Crippen LogP contribution in [0.2, 0.25) is 0 Å². The number of para-hydroxylation sites is 1. The highest BCUT2D eigenvalue weighted by atomic mass is 16.2. The molecular weight excluding hydrogens is 202 g/mol. The molecule has 0 spiro atoms. The van der Waals surface area contributed by atoms with Crippen LogP contribution in [0, 0.1) is 5.41 Å². The standard InChI is InChI=1S/C13H15NO2/c1-10(15)13(2)8-9-14(12(13)16)11-6-4-3-5-7-11/h3-7H,8-9H2,1-2H3. The summed E-state index contributed by atoms with van der Waals surface area (Å²) in [4.78, 5) is 25.4. The number of benzene rings is 1. The first kappa shape index (κ1) is 10.9. The van der Waals surface area contributed by atoms with Gasteiger partial charge in [-0.3, -0.25) is 9.59 Å². The molecule has 0 bridgehead atoms. The molecule has 0 aliphatic carbocycles. The molecule has 1 unspecified atom stereocenters. The zero-order valence-corrected chi connectivity index (χ0v) is 9.56. The molecule has 1 heterocycles. The first-order valence-corrected chi connectivity index (χ1v) is 5.44. The number of nitrogens with zero attached hydrogens (tertiary/aromatic N) is 1. The average molecular weight is 217 g/mol. The Morgan fingerprint density at radius 1 is 1.31 bits per heavy atom. The maximum atomic E-state index is 12.2. The number of amides is 1. The second kappa shape index (κ2) is 3.74. The third-order valence-corrected chi connectivity index (χ3v) is 3.40. The van der Waals surface area contributed by atoms with Gasteiger partial charge in [-0.1, -0.05) is 18.2 Å². The highest BCUT2D eigenvalue weighted by molar-refractivity contribution is 6.13. The lowest BCUT2D eigenvalue weighted by Gasteiger charge is -2.20. The van der Waals surface area contributed by atoms with Crippen molar-refractivity contribution in [2.75, 3.05) is 11.4 Å². The SMILES string of the molecule is CC(=O)C1(C)CCN(c2ccccc2)C1=O. The van der Waals surface area contributed by atoms with E-state index in [-0.39, 0.29) is 11.7 Å². The molecule has 1 aliphatic heterocycles. The zero-order chi connectivity index (χ0) is 11.8. The number of hydrogen-bond acceptors (Lipinski definition) is 2. The number of carbonyl (C=O) groups excluding carboxylic acids is 2. The first-order chi connectivity index (χ1) is 7.55. The largest absolute Gasteiger partial charge is 0.312 e. The molecule has 0 aromatic heterocycles. The molecule has 1 fully saturated rings. The van der Waals surface area contributed by atoms with Crippen molar-refractivity contribution in [3.63, 3.8) is 0 Å². The molecule has 3 heteroatoms. The number of hydrogen-bond donors (Lipinski definition) is 0. The van der Waals surface area contributed by atoms with Crippen molar-refractivity contribution in [3.05, 3.63) is 30.3 Å². The van der Waals surface area contributed by atoms with Crippen molar-refractivity contribution < 1.29 is 9.59 Å². The van der Waals surface area contributed by atoms with E-state index in [9.17, 15) is 9.59 Å². The lowest BCUT2D eigenvalue weighted by Crippen LogP contribution is -2.37. The smallest absolute Gasteiger partial charge is 0.240 e. The Morgan fingerprint density at radius 3 is 2.44 bits per heavy atom. The second-order valence-corrected chi connectivity index (χ2v) is 4.43. The third-order valence-electron chi connectivity index (χ3n) is 3.40. The minimum atomic E-state index is -0.824. The van der Waals surface area contributed by atoms with Gasteiger partial charge in [0.15, 0.2) is 0 Å². The predicted octanol–water partition coefficient (Wildman–Crippen LogP) is 2.02. The Kier molecular flexibility index (Phi) is 2.54. The summed E-state index contributed by atoms with van der Waals surface area (Å²) in [6, 6.07) is 9.49. The fourth-order valence-corrected chi connectivity index (χ4v) is 2.02. The minimum Gasteiger partial charge on any atom is -0.312 e. The van der Waals surface area contributed by atoms with Gasteiger partial charge in [0.2, 0.25) is 5.91 Å².